The van der Waals surface area contributed by atoms with E-state index in [0.717, 1.165) is 6.42 Å². The van der Waals surface area contributed by atoms with E-state index in [0.29, 0.717) is 23.7 Å². The molecule has 4 aliphatic rings. The Hall–Kier alpha value is -1.32. The van der Waals surface area contributed by atoms with Gasteiger partial charge in [-0.3, -0.25) is 9.59 Å². The molecule has 4 rings (SSSR count). The van der Waals surface area contributed by atoms with Gasteiger partial charge >= 0.3 is 11.9 Å². The summed E-state index contributed by atoms with van der Waals surface area (Å²) >= 11 is 0. The minimum Gasteiger partial charge on any atom is -0.460 e. The second-order valence-electron chi connectivity index (χ2n) is 10.8. The fraction of sp³-hybridized carbons (Fsp3) is 0.818. The lowest BCUT2D eigenvalue weighted by Crippen LogP contribution is -2.47. The minimum atomic E-state index is -0.536. The molecule has 0 aromatic rings. The molecule has 4 aliphatic carbocycles. The largest absolute Gasteiger partial charge is 0.460 e. The van der Waals surface area contributed by atoms with Crippen molar-refractivity contribution in [2.24, 2.45) is 47.3 Å². The van der Waals surface area contributed by atoms with E-state index in [1.165, 1.54) is 6.42 Å². The molecule has 8 unspecified atom stereocenters. The Morgan fingerprint density at radius 1 is 0.731 bits per heavy atom. The van der Waals surface area contributed by atoms with E-state index >= 15 is 0 Å². The summed E-state index contributed by atoms with van der Waals surface area (Å²) in [6.45, 7) is 11.4. The first kappa shape index (κ1) is 18.1. The topological polar surface area (TPSA) is 52.6 Å². The summed E-state index contributed by atoms with van der Waals surface area (Å²) in [5.74, 6) is 1.70. The standard InChI is InChI=1S/C22H32O4/c1-21(2,3)25-19(23)17-13-10-14(18(17)20(24)26-22(4,5)6)16-12-8-7-11(9-12)15(13)16/h7-8,11-18H,9-10H2,1-6H3. The number of carbonyl (C=O) groups excluding carboxylic acids is 2. The van der Waals surface area contributed by atoms with Crippen LogP contribution in [0, 0.1) is 47.3 Å². The van der Waals surface area contributed by atoms with Crippen LogP contribution < -0.4 is 0 Å². The van der Waals surface area contributed by atoms with Gasteiger partial charge in [0.15, 0.2) is 0 Å². The van der Waals surface area contributed by atoms with E-state index in [4.69, 9.17) is 9.47 Å². The molecule has 0 N–H and O–H groups in total. The normalized spacial score (nSPS) is 42.8. The number of hydrogen-bond acceptors (Lipinski definition) is 4. The van der Waals surface area contributed by atoms with Gasteiger partial charge in [-0.05, 0) is 89.9 Å². The van der Waals surface area contributed by atoms with E-state index in [2.05, 4.69) is 12.2 Å². The molecule has 26 heavy (non-hydrogen) atoms. The summed E-state index contributed by atoms with van der Waals surface area (Å²) in [7, 11) is 0. The van der Waals surface area contributed by atoms with Gasteiger partial charge in [-0.1, -0.05) is 12.2 Å². The van der Waals surface area contributed by atoms with Crippen molar-refractivity contribution in [3.05, 3.63) is 12.2 Å². The van der Waals surface area contributed by atoms with Gasteiger partial charge in [0.1, 0.15) is 11.2 Å². The van der Waals surface area contributed by atoms with Crippen LogP contribution in [0.5, 0.6) is 0 Å². The molecule has 4 bridgehead atoms. The molecular weight excluding hydrogens is 328 g/mol. The first-order chi connectivity index (χ1) is 12.0. The molecule has 3 saturated carbocycles. The number of fused-ring (bicyclic) bond motifs is 9. The zero-order chi connectivity index (χ0) is 19.0. The zero-order valence-corrected chi connectivity index (χ0v) is 16.8. The molecule has 0 radical (unpaired) electrons. The maximum absolute atomic E-state index is 13.1. The number of ether oxygens (including phenoxy) is 2. The third-order valence-corrected chi connectivity index (χ3v) is 6.78. The Morgan fingerprint density at radius 2 is 1.12 bits per heavy atom. The van der Waals surface area contributed by atoms with Crippen molar-refractivity contribution in [1.29, 1.82) is 0 Å². The molecule has 0 aromatic heterocycles. The van der Waals surface area contributed by atoms with E-state index in [1.807, 2.05) is 41.5 Å². The highest BCUT2D eigenvalue weighted by Crippen LogP contribution is 2.69. The Bertz CT molecular complexity index is 596. The molecule has 0 saturated heterocycles. The first-order valence-corrected chi connectivity index (χ1v) is 10.1. The lowest BCUT2D eigenvalue weighted by molar-refractivity contribution is -0.178. The highest BCUT2D eigenvalue weighted by atomic mass is 16.6. The van der Waals surface area contributed by atoms with Gasteiger partial charge in [0.25, 0.3) is 0 Å². The number of hydrogen-bond donors (Lipinski definition) is 0. The third-order valence-electron chi connectivity index (χ3n) is 6.78. The summed E-state index contributed by atoms with van der Waals surface area (Å²) < 4.78 is 11.5. The number of rotatable bonds is 2. The predicted molar refractivity (Wildman–Crippen MR) is 98.0 cm³/mol. The van der Waals surface area contributed by atoms with Crippen LogP contribution in [-0.2, 0) is 19.1 Å². The third kappa shape index (κ3) is 2.80. The van der Waals surface area contributed by atoms with Crippen molar-refractivity contribution >= 4 is 11.9 Å². The SMILES string of the molecule is CC(C)(C)OC(=O)C1C2CC(C1C(=O)OC(C)(C)C)C1C3C=CC(C3)C21. The average molecular weight is 360 g/mol. The van der Waals surface area contributed by atoms with E-state index in [9.17, 15) is 9.59 Å². The van der Waals surface area contributed by atoms with Crippen molar-refractivity contribution in [2.75, 3.05) is 0 Å². The fourth-order valence-corrected chi connectivity index (χ4v) is 6.42. The quantitative estimate of drug-likeness (QED) is 0.424. The second kappa shape index (κ2) is 5.59. The van der Waals surface area contributed by atoms with Gasteiger partial charge in [0.2, 0.25) is 0 Å². The summed E-state index contributed by atoms with van der Waals surface area (Å²) in [5.41, 5.74) is -1.07. The van der Waals surface area contributed by atoms with Gasteiger partial charge in [-0.25, -0.2) is 0 Å². The fourth-order valence-electron chi connectivity index (χ4n) is 6.42. The van der Waals surface area contributed by atoms with Crippen LogP contribution in [0.4, 0.5) is 0 Å². The van der Waals surface area contributed by atoms with Gasteiger partial charge in [-0.2, -0.15) is 0 Å². The molecule has 4 nitrogen and oxygen atoms in total. The van der Waals surface area contributed by atoms with Gasteiger partial charge < -0.3 is 9.47 Å². The van der Waals surface area contributed by atoms with Crippen LogP contribution >= 0.6 is 0 Å². The molecule has 0 amide bonds. The second-order valence-corrected chi connectivity index (χ2v) is 10.8. The molecule has 4 heteroatoms. The maximum atomic E-state index is 13.1. The summed E-state index contributed by atoms with van der Waals surface area (Å²) in [6.07, 6.45) is 6.87. The van der Waals surface area contributed by atoms with Crippen LogP contribution in [0.2, 0.25) is 0 Å². The summed E-state index contributed by atoms with van der Waals surface area (Å²) in [4.78, 5) is 26.2. The van der Waals surface area contributed by atoms with Crippen molar-refractivity contribution in [1.82, 2.24) is 0 Å². The van der Waals surface area contributed by atoms with Crippen molar-refractivity contribution in [3.63, 3.8) is 0 Å². The molecule has 144 valence electrons. The Labute approximate surface area is 156 Å². The Kier molecular flexibility index (Phi) is 3.88. The monoisotopic (exact) mass is 360 g/mol. The number of carbonyl (C=O) groups is 2. The average Bonchev–Trinajstić information content (AvgIpc) is 3.20. The van der Waals surface area contributed by atoms with E-state index < -0.39 is 11.2 Å². The zero-order valence-electron chi connectivity index (χ0n) is 16.8. The van der Waals surface area contributed by atoms with Crippen LogP contribution in [0.1, 0.15) is 54.4 Å². The minimum absolute atomic E-state index is 0.203. The van der Waals surface area contributed by atoms with Crippen molar-refractivity contribution < 1.29 is 19.1 Å². The number of esters is 2. The first-order valence-electron chi connectivity index (χ1n) is 10.1. The smallest absolute Gasteiger partial charge is 0.310 e. The lowest BCUT2D eigenvalue weighted by Gasteiger charge is -2.41. The lowest BCUT2D eigenvalue weighted by atomic mass is 9.64. The molecular formula is C22H32O4. The molecule has 3 fully saturated rings. The highest BCUT2D eigenvalue weighted by Gasteiger charge is 2.68. The molecule has 0 aromatic carbocycles. The summed E-state index contributed by atoms with van der Waals surface area (Å²) in [5, 5.41) is 0. The molecule has 0 aliphatic heterocycles. The Morgan fingerprint density at radius 3 is 1.46 bits per heavy atom. The molecule has 0 heterocycles. The Balaban J connectivity index is 1.65. The van der Waals surface area contributed by atoms with Gasteiger partial charge in [0.05, 0.1) is 11.8 Å². The van der Waals surface area contributed by atoms with Crippen LogP contribution in [0.15, 0.2) is 12.2 Å². The summed E-state index contributed by atoms with van der Waals surface area (Å²) in [6, 6.07) is 0. The molecule has 8 atom stereocenters. The maximum Gasteiger partial charge on any atom is 0.310 e. The van der Waals surface area contributed by atoms with Crippen LogP contribution in [-0.4, -0.2) is 23.1 Å². The predicted octanol–water partition coefficient (Wildman–Crippen LogP) is 3.99. The highest BCUT2D eigenvalue weighted by molar-refractivity contribution is 5.84. The van der Waals surface area contributed by atoms with Crippen LogP contribution in [0.3, 0.4) is 0 Å². The number of allylic oxidation sites excluding steroid dienone is 2. The van der Waals surface area contributed by atoms with Gasteiger partial charge in [-0.15, -0.1) is 0 Å². The molecule has 0 spiro atoms. The van der Waals surface area contributed by atoms with E-state index in [1.54, 1.807) is 0 Å². The van der Waals surface area contributed by atoms with Crippen molar-refractivity contribution in [3.8, 4) is 0 Å². The van der Waals surface area contributed by atoms with Gasteiger partial charge in [0, 0.05) is 0 Å². The van der Waals surface area contributed by atoms with Crippen molar-refractivity contribution in [2.45, 2.75) is 65.6 Å². The van der Waals surface area contributed by atoms with E-state index in [-0.39, 0.29) is 35.6 Å². The van der Waals surface area contributed by atoms with Crippen LogP contribution in [0.25, 0.3) is 0 Å².